The van der Waals surface area contributed by atoms with Crippen molar-refractivity contribution in [2.75, 3.05) is 6.61 Å². The zero-order valence-electron chi connectivity index (χ0n) is 18.6. The van der Waals surface area contributed by atoms with E-state index in [0.717, 1.165) is 23.0 Å². The summed E-state index contributed by atoms with van der Waals surface area (Å²) in [6.07, 6.45) is -0.301. The van der Waals surface area contributed by atoms with Crippen LogP contribution in [0.15, 0.2) is 91.0 Å². The Morgan fingerprint density at radius 3 is 1.58 bits per heavy atom. The first kappa shape index (κ1) is 23.3. The van der Waals surface area contributed by atoms with E-state index in [9.17, 15) is 4.79 Å². The van der Waals surface area contributed by atoms with Gasteiger partial charge < -0.3 is 23.7 Å². The van der Waals surface area contributed by atoms with Crippen molar-refractivity contribution in [1.82, 2.24) is 0 Å². The second kappa shape index (κ2) is 12.4. The molecule has 33 heavy (non-hydrogen) atoms. The molecule has 0 aliphatic carbocycles. The Morgan fingerprint density at radius 1 is 0.636 bits per heavy atom. The molecule has 0 amide bonds. The number of carbonyl (C=O) groups excluding carboxylic acids is 1. The molecule has 0 saturated carbocycles. The molecule has 0 bridgehead atoms. The van der Waals surface area contributed by atoms with Crippen LogP contribution in [0.5, 0.6) is 0 Å². The Bertz CT molecular complexity index is 948. The second-order valence-corrected chi connectivity index (χ2v) is 8.14. The third-order valence-electron chi connectivity index (χ3n) is 5.70. The minimum Gasteiger partial charge on any atom is -0.374 e. The van der Waals surface area contributed by atoms with Crippen LogP contribution in [0.4, 0.5) is 0 Å². The third kappa shape index (κ3) is 6.83. The highest BCUT2D eigenvalue weighted by Gasteiger charge is 2.46. The maximum Gasteiger partial charge on any atom is 0.122 e. The van der Waals surface area contributed by atoms with Crippen LogP contribution in [-0.2, 0) is 43.6 Å². The summed E-state index contributed by atoms with van der Waals surface area (Å²) in [6.45, 7) is 1.70. The molecule has 0 N–H and O–H groups in total. The highest BCUT2D eigenvalue weighted by molar-refractivity contribution is 5.50. The SMILES string of the molecule is O=CC[C@@H]1O[C@@H](COCc2ccccc2)[C@H](OCc2ccccc2)[C@H]1OCc1ccccc1. The lowest BCUT2D eigenvalue weighted by molar-refractivity contribution is -0.113. The Morgan fingerprint density at radius 2 is 1.09 bits per heavy atom. The minimum absolute atomic E-state index is 0.250. The first-order chi connectivity index (χ1) is 16.3. The van der Waals surface area contributed by atoms with Crippen LogP contribution in [0, 0.1) is 0 Å². The Labute approximate surface area is 195 Å². The van der Waals surface area contributed by atoms with Crippen molar-refractivity contribution in [3.8, 4) is 0 Å². The van der Waals surface area contributed by atoms with Gasteiger partial charge in [0.25, 0.3) is 0 Å². The smallest absolute Gasteiger partial charge is 0.122 e. The molecule has 1 aliphatic rings. The van der Waals surface area contributed by atoms with Crippen molar-refractivity contribution in [1.29, 1.82) is 0 Å². The van der Waals surface area contributed by atoms with Gasteiger partial charge in [-0.3, -0.25) is 0 Å². The average Bonchev–Trinajstić information content (AvgIpc) is 3.19. The van der Waals surface area contributed by atoms with Gasteiger partial charge in [-0.15, -0.1) is 0 Å². The van der Waals surface area contributed by atoms with Crippen LogP contribution in [0.25, 0.3) is 0 Å². The molecule has 1 aliphatic heterocycles. The first-order valence-corrected chi connectivity index (χ1v) is 11.4. The van der Waals surface area contributed by atoms with E-state index < -0.39 is 0 Å². The summed E-state index contributed by atoms with van der Waals surface area (Å²) in [6, 6.07) is 30.0. The fourth-order valence-electron chi connectivity index (χ4n) is 4.03. The molecule has 1 fully saturated rings. The highest BCUT2D eigenvalue weighted by atomic mass is 16.6. The molecular formula is C28H30O5. The number of aldehydes is 1. The fourth-order valence-corrected chi connectivity index (χ4v) is 4.03. The molecule has 0 spiro atoms. The van der Waals surface area contributed by atoms with E-state index in [4.69, 9.17) is 18.9 Å². The van der Waals surface area contributed by atoms with Gasteiger partial charge in [-0.05, 0) is 16.7 Å². The minimum atomic E-state index is -0.377. The van der Waals surface area contributed by atoms with Gasteiger partial charge in [-0.25, -0.2) is 0 Å². The summed E-state index contributed by atoms with van der Waals surface area (Å²) < 4.78 is 24.8. The van der Waals surface area contributed by atoms with Crippen molar-refractivity contribution < 1.29 is 23.7 Å². The van der Waals surface area contributed by atoms with Gasteiger partial charge in [0.1, 0.15) is 24.6 Å². The van der Waals surface area contributed by atoms with Gasteiger partial charge in [0.15, 0.2) is 0 Å². The Balaban J connectivity index is 1.45. The number of rotatable bonds is 12. The third-order valence-corrected chi connectivity index (χ3v) is 5.70. The van der Waals surface area contributed by atoms with Crippen molar-refractivity contribution in [2.24, 2.45) is 0 Å². The van der Waals surface area contributed by atoms with Gasteiger partial charge in [-0.2, -0.15) is 0 Å². The summed E-state index contributed by atoms with van der Waals surface area (Å²) in [4.78, 5) is 11.4. The van der Waals surface area contributed by atoms with Gasteiger partial charge in [0.05, 0.1) is 32.5 Å². The number of ether oxygens (including phenoxy) is 4. The van der Waals surface area contributed by atoms with E-state index in [-0.39, 0.29) is 30.8 Å². The van der Waals surface area contributed by atoms with Crippen LogP contribution in [0.3, 0.4) is 0 Å². The van der Waals surface area contributed by atoms with Crippen LogP contribution < -0.4 is 0 Å². The maximum atomic E-state index is 11.4. The summed E-state index contributed by atoms with van der Waals surface area (Å²) in [5.41, 5.74) is 3.23. The summed E-state index contributed by atoms with van der Waals surface area (Å²) in [5, 5.41) is 0. The van der Waals surface area contributed by atoms with Gasteiger partial charge in [0, 0.05) is 6.42 Å². The lowest BCUT2D eigenvalue weighted by atomic mass is 10.1. The number of carbonyl (C=O) groups is 1. The molecule has 0 radical (unpaired) electrons. The maximum absolute atomic E-state index is 11.4. The standard InChI is InChI=1S/C28H30O5/c29-17-16-25-27(31-19-23-12-6-2-7-13-23)28(32-20-24-14-8-3-9-15-24)26(33-25)21-30-18-22-10-4-1-5-11-22/h1-15,17,25-28H,16,18-21H2/t25-,26-,27-,28-/m0/s1. The molecule has 4 rings (SSSR count). The van der Waals surface area contributed by atoms with Crippen molar-refractivity contribution >= 4 is 6.29 Å². The van der Waals surface area contributed by atoms with E-state index in [1.807, 2.05) is 91.0 Å². The van der Waals surface area contributed by atoms with Crippen LogP contribution in [0.2, 0.25) is 0 Å². The van der Waals surface area contributed by atoms with Crippen LogP contribution in [-0.4, -0.2) is 37.3 Å². The fraction of sp³-hybridized carbons (Fsp3) is 0.321. The highest BCUT2D eigenvalue weighted by Crippen LogP contribution is 2.30. The topological polar surface area (TPSA) is 54.0 Å². The monoisotopic (exact) mass is 446 g/mol. The molecule has 172 valence electrons. The molecule has 5 heteroatoms. The quantitative estimate of drug-likeness (QED) is 0.377. The molecule has 4 atom stereocenters. The van der Waals surface area contributed by atoms with E-state index in [1.165, 1.54) is 0 Å². The predicted molar refractivity (Wildman–Crippen MR) is 125 cm³/mol. The predicted octanol–water partition coefficient (Wildman–Crippen LogP) is 4.73. The number of benzene rings is 3. The zero-order valence-corrected chi connectivity index (χ0v) is 18.6. The van der Waals surface area contributed by atoms with Crippen molar-refractivity contribution in [3.63, 3.8) is 0 Å². The largest absolute Gasteiger partial charge is 0.374 e. The molecule has 1 saturated heterocycles. The molecular weight excluding hydrogens is 416 g/mol. The molecule has 1 heterocycles. The number of hydrogen-bond acceptors (Lipinski definition) is 5. The Hall–Kier alpha value is -2.83. The molecule has 0 unspecified atom stereocenters. The van der Waals surface area contributed by atoms with Crippen LogP contribution >= 0.6 is 0 Å². The van der Waals surface area contributed by atoms with Gasteiger partial charge in [-0.1, -0.05) is 91.0 Å². The lowest BCUT2D eigenvalue weighted by Gasteiger charge is -2.25. The van der Waals surface area contributed by atoms with Crippen molar-refractivity contribution in [3.05, 3.63) is 108 Å². The summed E-state index contributed by atoms with van der Waals surface area (Å²) >= 11 is 0. The zero-order chi connectivity index (χ0) is 22.7. The molecule has 3 aromatic carbocycles. The summed E-state index contributed by atoms with van der Waals surface area (Å²) in [5.74, 6) is 0. The summed E-state index contributed by atoms with van der Waals surface area (Å²) in [7, 11) is 0. The molecule has 0 aromatic heterocycles. The second-order valence-electron chi connectivity index (χ2n) is 8.14. The lowest BCUT2D eigenvalue weighted by Crippen LogP contribution is -2.39. The molecule has 3 aromatic rings. The Kier molecular flexibility index (Phi) is 8.78. The van der Waals surface area contributed by atoms with E-state index in [2.05, 4.69) is 0 Å². The molecule has 5 nitrogen and oxygen atoms in total. The van der Waals surface area contributed by atoms with Gasteiger partial charge in [0.2, 0.25) is 0 Å². The number of hydrogen-bond donors (Lipinski definition) is 0. The van der Waals surface area contributed by atoms with E-state index in [0.29, 0.717) is 26.4 Å². The van der Waals surface area contributed by atoms with E-state index in [1.54, 1.807) is 0 Å². The van der Waals surface area contributed by atoms with Crippen molar-refractivity contribution in [2.45, 2.75) is 50.7 Å². The van der Waals surface area contributed by atoms with Crippen LogP contribution in [0.1, 0.15) is 23.1 Å². The first-order valence-electron chi connectivity index (χ1n) is 11.4. The average molecular weight is 447 g/mol. The van der Waals surface area contributed by atoms with E-state index >= 15 is 0 Å². The normalized spacial score (nSPS) is 22.3. The van der Waals surface area contributed by atoms with Gasteiger partial charge >= 0.3 is 0 Å².